The fraction of sp³-hybridized carbons (Fsp3) is 0.318. The average Bonchev–Trinajstić information content (AvgIpc) is 3.47. The molecule has 0 aliphatic heterocycles. The Morgan fingerprint density at radius 3 is 2.50 bits per heavy atom. The number of anilines is 1. The minimum Gasteiger partial charge on any atom is -0.497 e. The fourth-order valence-corrected chi connectivity index (χ4v) is 3.71. The molecule has 2 aromatic carbocycles. The van der Waals surface area contributed by atoms with Gasteiger partial charge in [0.15, 0.2) is 0 Å². The maximum absolute atomic E-state index is 13.6. The van der Waals surface area contributed by atoms with Crippen molar-refractivity contribution >= 4 is 22.5 Å². The summed E-state index contributed by atoms with van der Waals surface area (Å²) in [5, 5.41) is 1.00. The molecule has 0 bridgehead atoms. The molecule has 1 fully saturated rings. The van der Waals surface area contributed by atoms with E-state index in [0.717, 1.165) is 27.9 Å². The number of aryl methyl sites for hydroxylation is 1. The van der Waals surface area contributed by atoms with E-state index in [1.165, 1.54) is 12.8 Å². The maximum Gasteiger partial charge on any atom is 0.260 e. The molecule has 1 unspecified atom stereocenters. The number of benzene rings is 2. The molecule has 0 N–H and O–H groups in total. The van der Waals surface area contributed by atoms with Gasteiger partial charge in [0.25, 0.3) is 5.91 Å². The molecular formula is C22H24N2O2. The second-order valence-electron chi connectivity index (χ2n) is 7.12. The van der Waals surface area contributed by atoms with Gasteiger partial charge in [-0.2, -0.15) is 0 Å². The molecule has 26 heavy (non-hydrogen) atoms. The zero-order chi connectivity index (χ0) is 18.3. The zero-order valence-corrected chi connectivity index (χ0v) is 15.5. The standard InChI is InChI=1S/C22H24N2O2/c1-15(16-8-9-16)24(17-10-12-18(26-3)13-11-17)22(25)20-14-23(2)21-7-5-4-6-19(20)21/h4-7,10-16H,8-9H2,1-3H3. The Balaban J connectivity index is 1.78. The zero-order valence-electron chi connectivity index (χ0n) is 15.5. The first kappa shape index (κ1) is 16.7. The van der Waals surface area contributed by atoms with E-state index in [-0.39, 0.29) is 11.9 Å². The molecule has 4 nitrogen and oxygen atoms in total. The van der Waals surface area contributed by atoms with Gasteiger partial charge in [-0.25, -0.2) is 0 Å². The Kier molecular flexibility index (Phi) is 4.19. The van der Waals surface area contributed by atoms with E-state index >= 15 is 0 Å². The molecule has 4 heteroatoms. The predicted molar refractivity (Wildman–Crippen MR) is 105 cm³/mol. The topological polar surface area (TPSA) is 34.5 Å². The van der Waals surface area contributed by atoms with Gasteiger partial charge in [0.2, 0.25) is 0 Å². The Hall–Kier alpha value is -2.75. The van der Waals surface area contributed by atoms with Gasteiger partial charge in [-0.3, -0.25) is 4.79 Å². The van der Waals surface area contributed by atoms with E-state index in [1.54, 1.807) is 7.11 Å². The van der Waals surface area contributed by atoms with Gasteiger partial charge >= 0.3 is 0 Å². The van der Waals surface area contributed by atoms with Crippen molar-refractivity contribution in [2.24, 2.45) is 13.0 Å². The number of aromatic nitrogens is 1. The highest BCUT2D eigenvalue weighted by Crippen LogP contribution is 2.38. The maximum atomic E-state index is 13.6. The first-order valence-corrected chi connectivity index (χ1v) is 9.12. The van der Waals surface area contributed by atoms with Gasteiger partial charge in [-0.05, 0) is 56.0 Å². The van der Waals surface area contributed by atoms with Crippen LogP contribution in [0.1, 0.15) is 30.1 Å². The molecule has 1 heterocycles. The molecule has 1 aliphatic carbocycles. The van der Waals surface area contributed by atoms with Crippen LogP contribution in [-0.2, 0) is 7.05 Å². The Morgan fingerprint density at radius 2 is 1.85 bits per heavy atom. The SMILES string of the molecule is COc1ccc(N(C(=O)c2cn(C)c3ccccc23)C(C)C2CC2)cc1. The largest absolute Gasteiger partial charge is 0.497 e. The van der Waals surface area contributed by atoms with E-state index < -0.39 is 0 Å². The van der Waals surface area contributed by atoms with Crippen molar-refractivity contribution in [3.63, 3.8) is 0 Å². The van der Waals surface area contributed by atoms with E-state index in [0.29, 0.717) is 5.92 Å². The van der Waals surface area contributed by atoms with Crippen LogP contribution in [-0.4, -0.2) is 23.6 Å². The molecule has 3 aromatic rings. The van der Waals surface area contributed by atoms with Crippen LogP contribution in [0.25, 0.3) is 10.9 Å². The second-order valence-corrected chi connectivity index (χ2v) is 7.12. The van der Waals surface area contributed by atoms with Crippen LogP contribution < -0.4 is 9.64 Å². The summed E-state index contributed by atoms with van der Waals surface area (Å²) in [7, 11) is 3.64. The summed E-state index contributed by atoms with van der Waals surface area (Å²) < 4.78 is 7.29. The molecule has 0 radical (unpaired) electrons. The van der Waals surface area contributed by atoms with Crippen LogP contribution in [0.2, 0.25) is 0 Å². The predicted octanol–water partition coefficient (Wildman–Crippen LogP) is 4.63. The van der Waals surface area contributed by atoms with E-state index in [1.807, 2.05) is 71.2 Å². The summed E-state index contributed by atoms with van der Waals surface area (Å²) in [6.07, 6.45) is 4.33. The number of carbonyl (C=O) groups excluding carboxylic acids is 1. The Labute approximate surface area is 154 Å². The number of fused-ring (bicyclic) bond motifs is 1. The average molecular weight is 348 g/mol. The summed E-state index contributed by atoms with van der Waals surface area (Å²) in [5.41, 5.74) is 2.75. The lowest BCUT2D eigenvalue weighted by atomic mass is 10.1. The quantitative estimate of drug-likeness (QED) is 0.673. The van der Waals surface area contributed by atoms with Crippen molar-refractivity contribution < 1.29 is 9.53 Å². The van der Waals surface area contributed by atoms with Crippen LogP contribution in [0.15, 0.2) is 54.7 Å². The first-order chi connectivity index (χ1) is 12.6. The smallest absolute Gasteiger partial charge is 0.260 e. The van der Waals surface area contributed by atoms with Crippen molar-refractivity contribution in [3.8, 4) is 5.75 Å². The highest BCUT2D eigenvalue weighted by molar-refractivity contribution is 6.14. The van der Waals surface area contributed by atoms with Gasteiger partial charge in [-0.15, -0.1) is 0 Å². The molecule has 1 aromatic heterocycles. The number of nitrogens with zero attached hydrogens (tertiary/aromatic N) is 2. The number of carbonyl (C=O) groups is 1. The van der Waals surface area contributed by atoms with Crippen molar-refractivity contribution in [3.05, 3.63) is 60.3 Å². The Morgan fingerprint density at radius 1 is 1.15 bits per heavy atom. The van der Waals surface area contributed by atoms with Gasteiger partial charge in [0.05, 0.1) is 12.7 Å². The van der Waals surface area contributed by atoms with Crippen molar-refractivity contribution in [2.75, 3.05) is 12.0 Å². The van der Waals surface area contributed by atoms with E-state index in [2.05, 4.69) is 6.92 Å². The summed E-state index contributed by atoms with van der Waals surface area (Å²) in [5.74, 6) is 1.44. The highest BCUT2D eigenvalue weighted by atomic mass is 16.5. The van der Waals surface area contributed by atoms with E-state index in [4.69, 9.17) is 4.74 Å². The molecule has 0 spiro atoms. The molecule has 4 rings (SSSR count). The third kappa shape index (κ3) is 2.85. The number of rotatable bonds is 5. The minimum atomic E-state index is 0.0615. The minimum absolute atomic E-state index is 0.0615. The molecule has 1 amide bonds. The second kappa shape index (κ2) is 6.52. The number of methoxy groups -OCH3 is 1. The summed E-state index contributed by atoms with van der Waals surface area (Å²) in [6, 6.07) is 16.0. The number of para-hydroxylation sites is 1. The van der Waals surface area contributed by atoms with Gasteiger partial charge in [0.1, 0.15) is 5.75 Å². The lowest BCUT2D eigenvalue weighted by molar-refractivity contribution is 0.0977. The van der Waals surface area contributed by atoms with Crippen LogP contribution in [0.4, 0.5) is 5.69 Å². The Bertz CT molecular complexity index is 938. The lowest BCUT2D eigenvalue weighted by Crippen LogP contribution is -2.40. The normalized spacial score (nSPS) is 15.0. The monoisotopic (exact) mass is 348 g/mol. The number of ether oxygens (including phenoxy) is 1. The fourth-order valence-electron chi connectivity index (χ4n) is 3.71. The number of hydrogen-bond donors (Lipinski definition) is 0. The highest BCUT2D eigenvalue weighted by Gasteiger charge is 2.36. The number of amides is 1. The van der Waals surface area contributed by atoms with Crippen LogP contribution in [0.5, 0.6) is 5.75 Å². The van der Waals surface area contributed by atoms with Crippen molar-refractivity contribution in [2.45, 2.75) is 25.8 Å². The molecule has 1 saturated carbocycles. The molecule has 134 valence electrons. The summed E-state index contributed by atoms with van der Waals surface area (Å²) >= 11 is 0. The molecule has 1 aliphatic rings. The molecule has 0 saturated heterocycles. The molecular weight excluding hydrogens is 324 g/mol. The van der Waals surface area contributed by atoms with E-state index in [9.17, 15) is 4.79 Å². The third-order valence-electron chi connectivity index (χ3n) is 5.41. The van der Waals surface area contributed by atoms with Gasteiger partial charge < -0.3 is 14.2 Å². The van der Waals surface area contributed by atoms with Gasteiger partial charge in [-0.1, -0.05) is 18.2 Å². The third-order valence-corrected chi connectivity index (χ3v) is 5.41. The van der Waals surface area contributed by atoms with Crippen molar-refractivity contribution in [1.29, 1.82) is 0 Å². The van der Waals surface area contributed by atoms with Gasteiger partial charge in [0, 0.05) is 35.9 Å². The van der Waals surface area contributed by atoms with Crippen LogP contribution in [0, 0.1) is 5.92 Å². The molecule has 1 atom stereocenters. The first-order valence-electron chi connectivity index (χ1n) is 9.12. The van der Waals surface area contributed by atoms with Crippen LogP contribution >= 0.6 is 0 Å². The van der Waals surface area contributed by atoms with Crippen molar-refractivity contribution in [1.82, 2.24) is 4.57 Å². The number of hydrogen-bond acceptors (Lipinski definition) is 2. The lowest BCUT2D eigenvalue weighted by Gasteiger charge is -2.29. The summed E-state index contributed by atoms with van der Waals surface area (Å²) in [4.78, 5) is 15.5. The summed E-state index contributed by atoms with van der Waals surface area (Å²) in [6.45, 7) is 2.16. The van der Waals surface area contributed by atoms with Crippen LogP contribution in [0.3, 0.4) is 0 Å².